The van der Waals surface area contributed by atoms with Crippen molar-refractivity contribution in [1.29, 1.82) is 0 Å². The first-order valence-electron chi connectivity index (χ1n) is 4.28. The highest BCUT2D eigenvalue weighted by Crippen LogP contribution is 2.38. The second-order valence-electron chi connectivity index (χ2n) is 4.23. The van der Waals surface area contributed by atoms with Crippen LogP contribution in [0.2, 0.25) is 0 Å². The lowest BCUT2D eigenvalue weighted by atomic mass is 9.75. The molecule has 0 aliphatic carbocycles. The zero-order valence-corrected chi connectivity index (χ0v) is 7.05. The van der Waals surface area contributed by atoms with E-state index in [2.05, 4.69) is 6.92 Å². The van der Waals surface area contributed by atoms with E-state index in [-0.39, 0.29) is 0 Å². The third kappa shape index (κ3) is 1.28. The van der Waals surface area contributed by atoms with Gasteiger partial charge < -0.3 is 4.74 Å². The van der Waals surface area contributed by atoms with Crippen LogP contribution in [0, 0.1) is 11.3 Å². The molecule has 2 heterocycles. The fraction of sp³-hybridized carbons (Fsp3) is 1.00. The van der Waals surface area contributed by atoms with Crippen LogP contribution in [0.4, 0.5) is 0 Å². The second kappa shape index (κ2) is 2.44. The highest BCUT2D eigenvalue weighted by molar-refractivity contribution is 4.92. The molecule has 0 saturated carbocycles. The molecule has 2 rings (SSSR count). The van der Waals surface area contributed by atoms with Crippen LogP contribution in [-0.4, -0.2) is 31.3 Å². The molecule has 1 spiro atoms. The van der Waals surface area contributed by atoms with Gasteiger partial charge in [0.15, 0.2) is 0 Å². The van der Waals surface area contributed by atoms with Crippen LogP contribution in [0.15, 0.2) is 0 Å². The van der Waals surface area contributed by atoms with E-state index in [4.69, 9.17) is 10.6 Å². The smallest absolute Gasteiger partial charge is 0.0557 e. The van der Waals surface area contributed by atoms with E-state index in [9.17, 15) is 0 Å². The highest BCUT2D eigenvalue weighted by Gasteiger charge is 2.43. The predicted octanol–water partition coefficient (Wildman–Crippen LogP) is 0.218. The van der Waals surface area contributed by atoms with Gasteiger partial charge in [-0.15, -0.1) is 0 Å². The molecule has 1 atom stereocenters. The van der Waals surface area contributed by atoms with Crippen molar-refractivity contribution in [3.8, 4) is 0 Å². The van der Waals surface area contributed by atoms with Crippen LogP contribution < -0.4 is 5.84 Å². The molecular formula is C8H16N2O. The molecule has 64 valence electrons. The number of rotatable bonds is 0. The van der Waals surface area contributed by atoms with Crippen LogP contribution in [0.5, 0.6) is 0 Å². The van der Waals surface area contributed by atoms with Gasteiger partial charge in [0.05, 0.1) is 13.2 Å². The number of ether oxygens (including phenoxy) is 1. The Labute approximate surface area is 67.5 Å². The van der Waals surface area contributed by atoms with Crippen molar-refractivity contribution in [1.82, 2.24) is 5.01 Å². The first-order chi connectivity index (χ1) is 5.20. The normalized spacial score (nSPS) is 37.1. The van der Waals surface area contributed by atoms with Crippen molar-refractivity contribution < 1.29 is 4.74 Å². The summed E-state index contributed by atoms with van der Waals surface area (Å²) in [7, 11) is 0. The average Bonchev–Trinajstić information content (AvgIpc) is 1.82. The highest BCUT2D eigenvalue weighted by atomic mass is 16.5. The second-order valence-corrected chi connectivity index (χ2v) is 4.23. The Morgan fingerprint density at radius 2 is 2.27 bits per heavy atom. The summed E-state index contributed by atoms with van der Waals surface area (Å²) in [5.41, 5.74) is 0.423. The van der Waals surface area contributed by atoms with E-state index in [1.54, 1.807) is 0 Å². The third-order valence-electron chi connectivity index (χ3n) is 2.68. The Balaban J connectivity index is 2.00. The van der Waals surface area contributed by atoms with Crippen LogP contribution in [0.1, 0.15) is 13.3 Å². The quantitative estimate of drug-likeness (QED) is 0.510. The van der Waals surface area contributed by atoms with Gasteiger partial charge in [0.1, 0.15) is 0 Å². The largest absolute Gasteiger partial charge is 0.380 e. The average molecular weight is 156 g/mol. The number of hydrogen-bond donors (Lipinski definition) is 1. The molecule has 1 unspecified atom stereocenters. The van der Waals surface area contributed by atoms with Crippen LogP contribution >= 0.6 is 0 Å². The Bertz CT molecular complexity index is 144. The van der Waals surface area contributed by atoms with Crippen molar-refractivity contribution in [2.24, 2.45) is 17.2 Å². The van der Waals surface area contributed by atoms with Crippen molar-refractivity contribution in [3.05, 3.63) is 0 Å². The van der Waals surface area contributed by atoms with Crippen LogP contribution in [-0.2, 0) is 4.74 Å². The van der Waals surface area contributed by atoms with Crippen molar-refractivity contribution in [2.75, 3.05) is 26.3 Å². The fourth-order valence-corrected chi connectivity index (χ4v) is 2.36. The Kier molecular flexibility index (Phi) is 1.67. The maximum Gasteiger partial charge on any atom is 0.0557 e. The first-order valence-corrected chi connectivity index (χ1v) is 4.28. The third-order valence-corrected chi connectivity index (χ3v) is 2.68. The molecule has 2 fully saturated rings. The number of nitrogens with two attached hydrogens (primary N) is 1. The maximum atomic E-state index is 5.79. The number of piperidine rings is 1. The summed E-state index contributed by atoms with van der Waals surface area (Å²) in [5.74, 6) is 6.52. The molecule has 0 amide bonds. The number of hydrogen-bond acceptors (Lipinski definition) is 3. The van der Waals surface area contributed by atoms with Gasteiger partial charge in [0, 0.05) is 18.5 Å². The monoisotopic (exact) mass is 156 g/mol. The maximum absolute atomic E-state index is 5.79. The molecule has 0 radical (unpaired) electrons. The summed E-state index contributed by atoms with van der Waals surface area (Å²) in [6, 6.07) is 0. The van der Waals surface area contributed by atoms with E-state index in [1.165, 1.54) is 6.42 Å². The Morgan fingerprint density at radius 3 is 2.73 bits per heavy atom. The zero-order valence-electron chi connectivity index (χ0n) is 7.05. The predicted molar refractivity (Wildman–Crippen MR) is 42.8 cm³/mol. The van der Waals surface area contributed by atoms with Gasteiger partial charge in [-0.3, -0.25) is 5.84 Å². The minimum absolute atomic E-state index is 0.423. The zero-order chi connectivity index (χ0) is 7.90. The molecule has 3 nitrogen and oxygen atoms in total. The summed E-state index contributed by atoms with van der Waals surface area (Å²) in [6.07, 6.45) is 1.29. The van der Waals surface area contributed by atoms with Gasteiger partial charge in [0.25, 0.3) is 0 Å². The lowest BCUT2D eigenvalue weighted by Gasteiger charge is -2.49. The lowest BCUT2D eigenvalue weighted by Crippen LogP contribution is -2.58. The molecule has 2 aliphatic rings. The van der Waals surface area contributed by atoms with E-state index in [1.807, 2.05) is 5.01 Å². The summed E-state index contributed by atoms with van der Waals surface area (Å²) in [5, 5.41) is 1.94. The summed E-state index contributed by atoms with van der Waals surface area (Å²) in [6.45, 7) is 6.17. The minimum atomic E-state index is 0.423. The Morgan fingerprint density at radius 1 is 1.55 bits per heavy atom. The SMILES string of the molecule is CC1CN(N)CC2(COC2)C1. The van der Waals surface area contributed by atoms with Gasteiger partial charge >= 0.3 is 0 Å². The topological polar surface area (TPSA) is 38.5 Å². The molecule has 3 heteroatoms. The summed E-state index contributed by atoms with van der Waals surface area (Å²) >= 11 is 0. The standard InChI is InChI=1S/C8H16N2O/c1-7-2-8(5-11-6-8)4-10(9)3-7/h7H,2-6,9H2,1H3. The Hall–Kier alpha value is -0.120. The first kappa shape index (κ1) is 7.53. The molecule has 0 aromatic heterocycles. The lowest BCUT2D eigenvalue weighted by molar-refractivity contribution is -0.154. The van der Waals surface area contributed by atoms with Crippen LogP contribution in [0.3, 0.4) is 0 Å². The van der Waals surface area contributed by atoms with E-state index >= 15 is 0 Å². The molecule has 2 aliphatic heterocycles. The number of nitrogens with zero attached hydrogens (tertiary/aromatic N) is 1. The van der Waals surface area contributed by atoms with Gasteiger partial charge in [0.2, 0.25) is 0 Å². The van der Waals surface area contributed by atoms with E-state index in [0.717, 1.165) is 32.2 Å². The van der Waals surface area contributed by atoms with E-state index < -0.39 is 0 Å². The summed E-state index contributed by atoms with van der Waals surface area (Å²) in [4.78, 5) is 0. The van der Waals surface area contributed by atoms with Gasteiger partial charge in [-0.25, -0.2) is 5.01 Å². The van der Waals surface area contributed by atoms with Crippen molar-refractivity contribution in [2.45, 2.75) is 13.3 Å². The minimum Gasteiger partial charge on any atom is -0.380 e. The molecular weight excluding hydrogens is 140 g/mol. The fourth-order valence-electron chi connectivity index (χ4n) is 2.36. The van der Waals surface area contributed by atoms with Gasteiger partial charge in [-0.05, 0) is 12.3 Å². The van der Waals surface area contributed by atoms with Gasteiger partial charge in [-0.2, -0.15) is 0 Å². The van der Waals surface area contributed by atoms with Crippen molar-refractivity contribution in [3.63, 3.8) is 0 Å². The molecule has 0 aromatic rings. The van der Waals surface area contributed by atoms with Crippen molar-refractivity contribution >= 4 is 0 Å². The summed E-state index contributed by atoms with van der Waals surface area (Å²) < 4.78 is 5.23. The molecule has 11 heavy (non-hydrogen) atoms. The van der Waals surface area contributed by atoms with Gasteiger partial charge in [-0.1, -0.05) is 6.92 Å². The molecule has 0 bridgehead atoms. The number of hydrazine groups is 1. The molecule has 0 aromatic carbocycles. The van der Waals surface area contributed by atoms with E-state index in [0.29, 0.717) is 5.41 Å². The van der Waals surface area contributed by atoms with Crippen LogP contribution in [0.25, 0.3) is 0 Å². The molecule has 2 N–H and O–H groups in total. The molecule has 2 saturated heterocycles.